The van der Waals surface area contributed by atoms with Crippen LogP contribution in [0.5, 0.6) is 0 Å². The molecule has 6 heteroatoms. The van der Waals surface area contributed by atoms with Crippen LogP contribution in [0.25, 0.3) is 0 Å². The predicted octanol–water partition coefficient (Wildman–Crippen LogP) is 1.57. The van der Waals surface area contributed by atoms with E-state index in [0.29, 0.717) is 13.0 Å². The summed E-state index contributed by atoms with van der Waals surface area (Å²) < 4.78 is 10.6. The van der Waals surface area contributed by atoms with Crippen molar-refractivity contribution >= 4 is 5.97 Å². The minimum Gasteiger partial charge on any atom is -0.479 e. The summed E-state index contributed by atoms with van der Waals surface area (Å²) in [6, 6.07) is 0.110. The van der Waals surface area contributed by atoms with Crippen molar-refractivity contribution < 1.29 is 19.2 Å². The lowest BCUT2D eigenvalue weighted by molar-refractivity contribution is -0.149. The molecule has 2 N–H and O–H groups in total. The standard InChI is InChI=1S/C13H20N2O4/c1-7(12-8(2)15-19-9(12)3)14-6-10-4-5-11(18-10)13(16)17/h7,10-11,14H,4-6H2,1-3H3,(H,16,17). The number of aliphatic carboxylic acids is 1. The average Bonchev–Trinajstić information content (AvgIpc) is 2.94. The number of hydrogen-bond acceptors (Lipinski definition) is 5. The van der Waals surface area contributed by atoms with Gasteiger partial charge in [0, 0.05) is 18.2 Å². The minimum absolute atomic E-state index is 0.0379. The van der Waals surface area contributed by atoms with Gasteiger partial charge in [0.25, 0.3) is 0 Å². The second-order valence-corrected chi connectivity index (χ2v) is 5.03. The third-order valence-electron chi connectivity index (χ3n) is 3.56. The van der Waals surface area contributed by atoms with Crippen molar-refractivity contribution in [2.45, 2.75) is 51.9 Å². The Morgan fingerprint density at radius 2 is 2.26 bits per heavy atom. The molecule has 0 spiro atoms. The Kier molecular flexibility index (Phi) is 4.21. The third-order valence-corrected chi connectivity index (χ3v) is 3.56. The van der Waals surface area contributed by atoms with Gasteiger partial charge in [-0.1, -0.05) is 5.16 Å². The zero-order valence-corrected chi connectivity index (χ0v) is 11.5. The third kappa shape index (κ3) is 3.13. The Bertz CT molecular complexity index is 438. The second-order valence-electron chi connectivity index (χ2n) is 5.03. The van der Waals surface area contributed by atoms with E-state index in [1.807, 2.05) is 20.8 Å². The van der Waals surface area contributed by atoms with Gasteiger partial charge in [-0.25, -0.2) is 4.79 Å². The van der Waals surface area contributed by atoms with E-state index in [1.165, 1.54) is 0 Å². The summed E-state index contributed by atoms with van der Waals surface area (Å²) in [5, 5.41) is 16.1. The van der Waals surface area contributed by atoms with Crippen LogP contribution in [-0.2, 0) is 9.53 Å². The van der Waals surface area contributed by atoms with Gasteiger partial charge < -0.3 is 19.7 Å². The molecular weight excluding hydrogens is 248 g/mol. The highest BCUT2D eigenvalue weighted by Gasteiger charge is 2.30. The van der Waals surface area contributed by atoms with Gasteiger partial charge in [0.2, 0.25) is 0 Å². The summed E-state index contributed by atoms with van der Waals surface area (Å²) in [6.45, 7) is 6.47. The number of nitrogens with zero attached hydrogens (tertiary/aromatic N) is 1. The molecule has 2 heterocycles. The second kappa shape index (κ2) is 5.71. The molecule has 19 heavy (non-hydrogen) atoms. The predicted molar refractivity (Wildman–Crippen MR) is 67.9 cm³/mol. The molecule has 0 aromatic carbocycles. The molecule has 2 rings (SSSR count). The van der Waals surface area contributed by atoms with Gasteiger partial charge in [-0.3, -0.25) is 0 Å². The SMILES string of the molecule is Cc1noc(C)c1C(C)NCC1CCC(C(=O)O)O1. The van der Waals surface area contributed by atoms with Crippen molar-refractivity contribution in [2.24, 2.45) is 0 Å². The van der Waals surface area contributed by atoms with Crippen molar-refractivity contribution in [3.05, 3.63) is 17.0 Å². The van der Waals surface area contributed by atoms with E-state index >= 15 is 0 Å². The monoisotopic (exact) mass is 268 g/mol. The molecule has 1 saturated heterocycles. The molecule has 0 aliphatic carbocycles. The van der Waals surface area contributed by atoms with Gasteiger partial charge >= 0.3 is 5.97 Å². The van der Waals surface area contributed by atoms with Crippen molar-refractivity contribution in [2.75, 3.05) is 6.54 Å². The van der Waals surface area contributed by atoms with E-state index in [2.05, 4.69) is 10.5 Å². The first-order valence-corrected chi connectivity index (χ1v) is 6.53. The maximum Gasteiger partial charge on any atom is 0.332 e. The molecule has 1 fully saturated rings. The van der Waals surface area contributed by atoms with Gasteiger partial charge in [0.1, 0.15) is 5.76 Å². The van der Waals surface area contributed by atoms with Gasteiger partial charge in [0.15, 0.2) is 6.10 Å². The van der Waals surface area contributed by atoms with Crippen molar-refractivity contribution in [3.63, 3.8) is 0 Å². The highest BCUT2D eigenvalue weighted by atomic mass is 16.5. The molecule has 0 saturated carbocycles. The Hall–Kier alpha value is -1.40. The molecule has 0 amide bonds. The van der Waals surface area contributed by atoms with E-state index in [1.54, 1.807) is 0 Å². The zero-order chi connectivity index (χ0) is 14.0. The van der Waals surface area contributed by atoms with E-state index in [0.717, 1.165) is 23.4 Å². The van der Waals surface area contributed by atoms with Gasteiger partial charge in [0.05, 0.1) is 11.8 Å². The number of ether oxygens (including phenoxy) is 1. The molecule has 3 atom stereocenters. The maximum absolute atomic E-state index is 10.8. The van der Waals surface area contributed by atoms with Crippen LogP contribution in [-0.4, -0.2) is 35.0 Å². The number of carboxylic acid groups (broad SMARTS) is 1. The van der Waals surface area contributed by atoms with Crippen molar-refractivity contribution in [1.82, 2.24) is 10.5 Å². The molecule has 0 bridgehead atoms. The van der Waals surface area contributed by atoms with Gasteiger partial charge in [-0.2, -0.15) is 0 Å². The number of rotatable bonds is 5. The smallest absolute Gasteiger partial charge is 0.332 e. The number of aryl methyl sites for hydroxylation is 2. The summed E-state index contributed by atoms with van der Waals surface area (Å²) in [5.74, 6) is -0.0606. The van der Waals surface area contributed by atoms with Crippen molar-refractivity contribution in [3.8, 4) is 0 Å². The van der Waals surface area contributed by atoms with Gasteiger partial charge in [-0.05, 0) is 33.6 Å². The van der Waals surface area contributed by atoms with Crippen LogP contribution in [0.3, 0.4) is 0 Å². The molecule has 106 valence electrons. The number of hydrogen-bond donors (Lipinski definition) is 2. The topological polar surface area (TPSA) is 84.6 Å². The van der Waals surface area contributed by atoms with Crippen LogP contribution in [0.1, 0.15) is 42.8 Å². The highest BCUT2D eigenvalue weighted by Crippen LogP contribution is 2.23. The summed E-state index contributed by atoms with van der Waals surface area (Å²) in [4.78, 5) is 10.8. The first-order valence-electron chi connectivity index (χ1n) is 6.53. The fourth-order valence-corrected chi connectivity index (χ4v) is 2.56. The number of nitrogens with one attached hydrogen (secondary N) is 1. The lowest BCUT2D eigenvalue weighted by Crippen LogP contribution is -2.31. The molecule has 0 radical (unpaired) electrons. The van der Waals surface area contributed by atoms with Crippen LogP contribution in [0.2, 0.25) is 0 Å². The normalized spacial score (nSPS) is 24.6. The largest absolute Gasteiger partial charge is 0.479 e. The summed E-state index contributed by atoms with van der Waals surface area (Å²) in [5.41, 5.74) is 1.95. The van der Waals surface area contributed by atoms with E-state index in [4.69, 9.17) is 14.4 Å². The number of carboxylic acids is 1. The van der Waals surface area contributed by atoms with Crippen molar-refractivity contribution in [1.29, 1.82) is 0 Å². The average molecular weight is 268 g/mol. The zero-order valence-electron chi connectivity index (χ0n) is 11.5. The van der Waals surface area contributed by atoms with E-state index in [-0.39, 0.29) is 12.1 Å². The minimum atomic E-state index is -0.874. The lowest BCUT2D eigenvalue weighted by atomic mass is 10.1. The van der Waals surface area contributed by atoms with Gasteiger partial charge in [-0.15, -0.1) is 0 Å². The van der Waals surface area contributed by atoms with E-state index < -0.39 is 12.1 Å². The van der Waals surface area contributed by atoms with Crippen LogP contribution in [0.4, 0.5) is 0 Å². The highest BCUT2D eigenvalue weighted by molar-refractivity contribution is 5.72. The number of aromatic nitrogens is 1. The Morgan fingerprint density at radius 1 is 1.53 bits per heavy atom. The molecule has 1 aromatic heterocycles. The Balaban J connectivity index is 1.85. The Morgan fingerprint density at radius 3 is 2.79 bits per heavy atom. The molecule has 1 aromatic rings. The Labute approximate surface area is 112 Å². The summed E-state index contributed by atoms with van der Waals surface area (Å²) >= 11 is 0. The maximum atomic E-state index is 10.8. The summed E-state index contributed by atoms with van der Waals surface area (Å²) in [6.07, 6.45) is 0.671. The first kappa shape index (κ1) is 14.0. The lowest BCUT2D eigenvalue weighted by Gasteiger charge is -2.17. The fourth-order valence-electron chi connectivity index (χ4n) is 2.56. The first-order chi connectivity index (χ1) is 8.99. The molecule has 1 aliphatic heterocycles. The van der Waals surface area contributed by atoms with Crippen LogP contribution in [0.15, 0.2) is 4.52 Å². The molecule has 1 aliphatic rings. The quantitative estimate of drug-likeness (QED) is 0.843. The molecular formula is C13H20N2O4. The summed E-state index contributed by atoms with van der Waals surface area (Å²) in [7, 11) is 0. The number of carbonyl (C=O) groups is 1. The molecule has 3 unspecified atom stereocenters. The van der Waals surface area contributed by atoms with Crippen LogP contribution >= 0.6 is 0 Å². The van der Waals surface area contributed by atoms with E-state index in [9.17, 15) is 4.79 Å². The van der Waals surface area contributed by atoms with Crippen LogP contribution in [0, 0.1) is 13.8 Å². The molecule has 6 nitrogen and oxygen atoms in total. The fraction of sp³-hybridized carbons (Fsp3) is 0.692. The van der Waals surface area contributed by atoms with Crippen LogP contribution < -0.4 is 5.32 Å².